The predicted molar refractivity (Wildman–Crippen MR) is 173 cm³/mol. The number of carbonyl (C=O) groups is 3. The third kappa shape index (κ3) is 6.33. The van der Waals surface area contributed by atoms with Gasteiger partial charge in [-0.25, -0.2) is 14.5 Å². The smallest absolute Gasteiger partial charge is 0.356 e. The van der Waals surface area contributed by atoms with E-state index in [1.54, 1.807) is 7.05 Å². The number of nitrogens with zero attached hydrogens (tertiary/aromatic N) is 6. The van der Waals surface area contributed by atoms with Gasteiger partial charge in [0.15, 0.2) is 11.2 Å². The van der Waals surface area contributed by atoms with E-state index in [0.29, 0.717) is 27.1 Å². The molecule has 16 heteroatoms. The second-order valence-electron chi connectivity index (χ2n) is 9.88. The van der Waals surface area contributed by atoms with E-state index in [4.69, 9.17) is 22.1 Å². The molecule has 230 valence electrons. The number of hydrogen-bond acceptors (Lipinski definition) is 12. The Hall–Kier alpha value is -4.18. The summed E-state index contributed by atoms with van der Waals surface area (Å²) < 4.78 is 7.73. The van der Waals surface area contributed by atoms with E-state index in [1.165, 1.54) is 39.3 Å². The maximum absolute atomic E-state index is 14.1. The molecular formula is C29H25ClN8O4S3. The fourth-order valence-electron chi connectivity index (χ4n) is 4.87. The van der Waals surface area contributed by atoms with E-state index >= 15 is 0 Å². The third-order valence-electron chi connectivity index (χ3n) is 7.06. The van der Waals surface area contributed by atoms with Gasteiger partial charge in [-0.2, -0.15) is 0 Å². The summed E-state index contributed by atoms with van der Waals surface area (Å²) >= 11 is 9.86. The minimum absolute atomic E-state index is 0.135. The van der Waals surface area contributed by atoms with Crippen LogP contribution in [0.5, 0.6) is 0 Å². The molecule has 2 aromatic heterocycles. The number of amides is 2. The van der Waals surface area contributed by atoms with Gasteiger partial charge in [0.2, 0.25) is 5.16 Å². The van der Waals surface area contributed by atoms with Crippen LogP contribution in [-0.4, -0.2) is 70.8 Å². The van der Waals surface area contributed by atoms with E-state index < -0.39 is 35.3 Å². The molecule has 1 fully saturated rings. The minimum Gasteiger partial charge on any atom is -0.448 e. The van der Waals surface area contributed by atoms with Crippen molar-refractivity contribution in [3.8, 4) is 0 Å². The molecule has 4 aromatic rings. The zero-order valence-corrected chi connectivity index (χ0v) is 26.8. The summed E-state index contributed by atoms with van der Waals surface area (Å²) in [6.45, 7) is 0. The van der Waals surface area contributed by atoms with Crippen LogP contribution < -0.4 is 11.1 Å². The highest BCUT2D eigenvalue weighted by atomic mass is 35.5. The van der Waals surface area contributed by atoms with E-state index in [2.05, 4.69) is 25.8 Å². The maximum atomic E-state index is 14.1. The van der Waals surface area contributed by atoms with Gasteiger partial charge in [0.05, 0.1) is 10.5 Å². The number of carbonyl (C=O) groups excluding carboxylic acids is 3. The van der Waals surface area contributed by atoms with Crippen molar-refractivity contribution in [3.63, 3.8) is 0 Å². The Morgan fingerprint density at radius 2 is 1.87 bits per heavy atom. The number of tetrazole rings is 1. The molecule has 2 aliphatic rings. The lowest BCUT2D eigenvalue weighted by atomic mass is 10.0. The van der Waals surface area contributed by atoms with Gasteiger partial charge < -0.3 is 15.8 Å². The lowest BCUT2D eigenvalue weighted by molar-refractivity contribution is -0.154. The van der Waals surface area contributed by atoms with Crippen LogP contribution in [0.1, 0.15) is 22.1 Å². The number of aryl methyl sites for hydroxylation is 1. The molecule has 1 unspecified atom stereocenters. The van der Waals surface area contributed by atoms with E-state index in [1.807, 2.05) is 60.7 Å². The Morgan fingerprint density at radius 3 is 2.44 bits per heavy atom. The molecule has 1 saturated heterocycles. The van der Waals surface area contributed by atoms with Crippen LogP contribution in [0, 0.1) is 0 Å². The van der Waals surface area contributed by atoms with Crippen molar-refractivity contribution in [2.75, 3.05) is 17.2 Å². The maximum Gasteiger partial charge on any atom is 0.356 e. The number of thioether (sulfide) groups is 2. The van der Waals surface area contributed by atoms with E-state index in [9.17, 15) is 14.4 Å². The minimum atomic E-state index is -0.890. The average Bonchev–Trinajstić information content (AvgIpc) is 3.69. The highest BCUT2D eigenvalue weighted by Crippen LogP contribution is 2.43. The van der Waals surface area contributed by atoms with Gasteiger partial charge >= 0.3 is 5.97 Å². The highest BCUT2D eigenvalue weighted by molar-refractivity contribution is 8.01. The number of hydrogen-bond donors (Lipinski definition) is 2. The summed E-state index contributed by atoms with van der Waals surface area (Å²) in [6.07, 6.45) is 0.730. The van der Waals surface area contributed by atoms with Crippen LogP contribution in [0.3, 0.4) is 0 Å². The SMILES string of the molecule is Cn1nnnc1SCC1=C(C(=O)OC(c2ccccc2)c2ccccc2)N2C(=O)C(NC(=O)/C(=C/Cl)c3cnc(N)s3)[C@H]2SC1. The number of anilines is 1. The molecule has 12 nitrogen and oxygen atoms in total. The number of ether oxygens (including phenoxy) is 1. The summed E-state index contributed by atoms with van der Waals surface area (Å²) in [5.41, 5.74) is 9.39. The number of halogens is 1. The summed E-state index contributed by atoms with van der Waals surface area (Å²) in [6, 6.07) is 17.9. The van der Waals surface area contributed by atoms with Crippen molar-refractivity contribution in [2.24, 2.45) is 7.05 Å². The van der Waals surface area contributed by atoms with Crippen LogP contribution >= 0.6 is 46.5 Å². The molecule has 6 rings (SSSR count). The van der Waals surface area contributed by atoms with E-state index in [-0.39, 0.29) is 16.4 Å². The summed E-state index contributed by atoms with van der Waals surface area (Å²) in [5.74, 6) is -0.890. The molecular weight excluding hydrogens is 656 g/mol. The van der Waals surface area contributed by atoms with Crippen LogP contribution in [-0.2, 0) is 26.2 Å². The number of nitrogen functional groups attached to an aromatic ring is 1. The zero-order valence-electron chi connectivity index (χ0n) is 23.6. The third-order valence-corrected chi connectivity index (χ3v) is 10.6. The Morgan fingerprint density at radius 1 is 1.18 bits per heavy atom. The van der Waals surface area contributed by atoms with Gasteiger partial charge in [0, 0.05) is 30.3 Å². The molecule has 0 saturated carbocycles. The topological polar surface area (TPSA) is 158 Å². The first-order valence-corrected chi connectivity index (χ1v) is 16.8. The number of benzene rings is 2. The molecule has 0 spiro atoms. The first-order chi connectivity index (χ1) is 21.9. The Kier molecular flexibility index (Phi) is 9.21. The molecule has 4 heterocycles. The molecule has 2 aliphatic heterocycles. The monoisotopic (exact) mass is 680 g/mol. The number of rotatable bonds is 10. The second-order valence-corrected chi connectivity index (χ2v) is 13.2. The molecule has 0 bridgehead atoms. The summed E-state index contributed by atoms with van der Waals surface area (Å²) in [4.78, 5) is 46.8. The molecule has 45 heavy (non-hydrogen) atoms. The van der Waals surface area contributed by atoms with Gasteiger partial charge in [0.1, 0.15) is 17.1 Å². The number of aromatic nitrogens is 5. The van der Waals surface area contributed by atoms with Crippen molar-refractivity contribution < 1.29 is 19.1 Å². The lowest BCUT2D eigenvalue weighted by Crippen LogP contribution is -2.70. The molecule has 2 atom stereocenters. The number of esters is 1. The van der Waals surface area contributed by atoms with Crippen LogP contribution in [0.15, 0.2) is 88.8 Å². The van der Waals surface area contributed by atoms with Crippen molar-refractivity contribution in [2.45, 2.75) is 22.7 Å². The van der Waals surface area contributed by atoms with Crippen molar-refractivity contribution in [3.05, 3.63) is 99.7 Å². The molecule has 0 aliphatic carbocycles. The largest absolute Gasteiger partial charge is 0.448 e. The summed E-state index contributed by atoms with van der Waals surface area (Å²) in [5, 5.41) is 14.6. The van der Waals surface area contributed by atoms with Crippen LogP contribution in [0.2, 0.25) is 0 Å². The number of fused-ring (bicyclic) bond motifs is 1. The molecule has 2 amide bonds. The van der Waals surface area contributed by atoms with Gasteiger partial charge in [-0.15, -0.1) is 16.9 Å². The molecule has 3 N–H and O–H groups in total. The summed E-state index contributed by atoms with van der Waals surface area (Å²) in [7, 11) is 1.72. The number of nitrogens with one attached hydrogen (secondary N) is 1. The first kappa shape index (κ1) is 30.8. The van der Waals surface area contributed by atoms with E-state index in [0.717, 1.165) is 28.0 Å². The Labute approximate surface area is 275 Å². The highest BCUT2D eigenvalue weighted by Gasteiger charge is 2.54. The van der Waals surface area contributed by atoms with Crippen LogP contribution in [0.4, 0.5) is 5.13 Å². The average molecular weight is 681 g/mol. The van der Waals surface area contributed by atoms with Gasteiger partial charge in [-0.05, 0) is 27.1 Å². The normalized spacial score (nSPS) is 18.1. The quantitative estimate of drug-likeness (QED) is 0.109. The zero-order chi connectivity index (χ0) is 31.5. The van der Waals surface area contributed by atoms with Gasteiger partial charge in [-0.1, -0.05) is 95.4 Å². The first-order valence-electron chi connectivity index (χ1n) is 13.5. The number of nitrogens with two attached hydrogens (primary N) is 1. The fraction of sp³-hybridized carbons (Fsp3) is 0.207. The van der Waals surface area contributed by atoms with Crippen LogP contribution in [0.25, 0.3) is 5.57 Å². The van der Waals surface area contributed by atoms with Crippen molar-refractivity contribution in [1.29, 1.82) is 0 Å². The van der Waals surface area contributed by atoms with Crippen molar-refractivity contribution >= 4 is 74.9 Å². The second kappa shape index (κ2) is 13.4. The fourth-order valence-corrected chi connectivity index (χ4v) is 8.19. The number of β-lactam (4-membered cyclic amide) rings is 1. The molecule has 0 radical (unpaired) electrons. The Bertz CT molecular complexity index is 1760. The van der Waals surface area contributed by atoms with Crippen molar-refractivity contribution in [1.82, 2.24) is 35.4 Å². The Balaban J connectivity index is 1.28. The number of thiazole rings is 1. The van der Waals surface area contributed by atoms with Gasteiger partial charge in [0.25, 0.3) is 11.8 Å². The molecule has 2 aromatic carbocycles. The predicted octanol–water partition coefficient (Wildman–Crippen LogP) is 3.61. The standard InChI is InChI=1S/C29H25ClN8O4S3/c1-37-29(34-35-36-37)44-15-18-14-43-26-21(33-24(39)19(12-30)20-13-32-28(31)45-20)25(40)38(26)22(18)27(41)42-23(16-8-4-2-5-9-16)17-10-6-3-7-11-17/h2-13,21,23,26H,14-15H2,1H3,(H2,31,32)(H,33,39)/b19-12+/t21?,26-/m1/s1. The van der Waals surface area contributed by atoms with Gasteiger partial charge in [-0.3, -0.25) is 14.5 Å². The lowest BCUT2D eigenvalue weighted by Gasteiger charge is -2.49.